The molecular weight excluding hydrogens is 775 g/mol. The molecule has 63 heavy (non-hydrogen) atoms. The molecule has 0 saturated carbocycles. The Balaban J connectivity index is 3.48. The average molecular weight is 893 g/mol. The van der Waals surface area contributed by atoms with E-state index in [9.17, 15) is 20.1 Å². The van der Waals surface area contributed by atoms with E-state index in [0.29, 0.717) is 12.8 Å². The Kier molecular flexibility index (Phi) is 53.4. The van der Waals surface area contributed by atoms with E-state index in [-0.39, 0.29) is 6.61 Å². The molecule has 0 aliphatic carbocycles. The monoisotopic (exact) mass is 892 g/mol. The second-order valence-electron chi connectivity index (χ2n) is 20.6. The summed E-state index contributed by atoms with van der Waals surface area (Å²) in [6, 6.07) is -0.708. The van der Waals surface area contributed by atoms with Crippen molar-refractivity contribution in [2.45, 2.75) is 360 Å². The molecule has 1 amide bonds. The van der Waals surface area contributed by atoms with Crippen LogP contribution in [0.2, 0.25) is 0 Å². The van der Waals surface area contributed by atoms with Crippen LogP contribution in [-0.2, 0) is 4.79 Å². The molecule has 0 radical (unpaired) electrons. The molecule has 4 N–H and O–H groups in total. The van der Waals surface area contributed by atoms with Crippen LogP contribution in [0, 0.1) is 0 Å². The van der Waals surface area contributed by atoms with Gasteiger partial charge in [0.25, 0.3) is 0 Å². The normalized spacial score (nSPS) is 13.2. The van der Waals surface area contributed by atoms with Gasteiger partial charge in [-0.05, 0) is 12.8 Å². The molecule has 0 heterocycles. The highest BCUT2D eigenvalue weighted by Gasteiger charge is 2.23. The van der Waals surface area contributed by atoms with Gasteiger partial charge >= 0.3 is 0 Å². The predicted octanol–water partition coefficient (Wildman–Crippen LogP) is 18.1. The third kappa shape index (κ3) is 49.1. The van der Waals surface area contributed by atoms with Crippen molar-refractivity contribution < 1.29 is 20.1 Å². The molecule has 0 spiro atoms. The summed E-state index contributed by atoms with van der Waals surface area (Å²) in [4.78, 5) is 12.6. The third-order valence-electron chi connectivity index (χ3n) is 14.2. The minimum Gasteiger partial charge on any atom is -0.394 e. The summed E-state index contributed by atoms with van der Waals surface area (Å²) in [5.74, 6) is -0.461. The Bertz CT molecular complexity index is 853. The van der Waals surface area contributed by atoms with Crippen LogP contribution in [0.25, 0.3) is 0 Å². The Morgan fingerprint density at radius 3 is 0.714 bits per heavy atom. The first-order valence-corrected chi connectivity index (χ1v) is 29.3. The van der Waals surface area contributed by atoms with Crippen LogP contribution in [0.5, 0.6) is 0 Å². The molecule has 0 rings (SSSR count). The number of rotatable bonds is 55. The number of hydrogen-bond donors (Lipinski definition) is 4. The molecule has 0 aliphatic heterocycles. The highest BCUT2D eigenvalue weighted by molar-refractivity contribution is 5.80. The van der Waals surface area contributed by atoms with Gasteiger partial charge in [-0.1, -0.05) is 328 Å². The van der Waals surface area contributed by atoms with E-state index < -0.39 is 24.2 Å². The van der Waals surface area contributed by atoms with Gasteiger partial charge in [0.1, 0.15) is 6.10 Å². The number of carbonyl (C=O) groups is 1. The minimum atomic E-state index is -1.07. The quantitative estimate of drug-likeness (QED) is 0.0458. The lowest BCUT2D eigenvalue weighted by atomic mass is 10.0. The van der Waals surface area contributed by atoms with Crippen LogP contribution in [0.1, 0.15) is 341 Å². The smallest absolute Gasteiger partial charge is 0.249 e. The summed E-state index contributed by atoms with van der Waals surface area (Å²) in [7, 11) is 0. The number of hydrogen-bond acceptors (Lipinski definition) is 4. The van der Waals surface area contributed by atoms with E-state index >= 15 is 0 Å². The van der Waals surface area contributed by atoms with Crippen LogP contribution < -0.4 is 5.32 Å². The van der Waals surface area contributed by atoms with Crippen molar-refractivity contribution in [3.8, 4) is 0 Å². The van der Waals surface area contributed by atoms with Crippen molar-refractivity contribution in [1.29, 1.82) is 0 Å². The molecular formula is C58H117NO4. The SMILES string of the molecule is CCCCCCCCCCCCCCCCCCCCCCCCCCCCC(O)C(=O)NC(CO)C(O)CCCCCCCCCCCCCCCCCCCCCCCCC. The first-order valence-electron chi connectivity index (χ1n) is 29.3. The largest absolute Gasteiger partial charge is 0.394 e. The van der Waals surface area contributed by atoms with Gasteiger partial charge in [0.15, 0.2) is 0 Å². The standard InChI is InChI=1S/C58H117NO4/c1-3-5-7-9-11-13-15-17-19-21-23-25-27-28-29-31-33-35-37-39-41-43-45-47-49-51-53-57(62)58(63)59-55(54-60)56(61)52-50-48-46-44-42-40-38-36-34-32-30-26-24-22-20-18-16-14-12-10-8-6-4-2/h55-57,60-62H,3-54H2,1-2H3,(H,59,63). The van der Waals surface area contributed by atoms with Crippen molar-refractivity contribution in [1.82, 2.24) is 5.32 Å². The number of aliphatic hydroxyl groups is 3. The maximum Gasteiger partial charge on any atom is 0.249 e. The van der Waals surface area contributed by atoms with Gasteiger partial charge in [-0.25, -0.2) is 0 Å². The highest BCUT2D eigenvalue weighted by Crippen LogP contribution is 2.19. The van der Waals surface area contributed by atoms with Gasteiger partial charge in [-0.3, -0.25) is 4.79 Å². The summed E-state index contributed by atoms with van der Waals surface area (Å²) in [6.07, 6.45) is 65.9. The lowest BCUT2D eigenvalue weighted by Gasteiger charge is -2.23. The van der Waals surface area contributed by atoms with Crippen LogP contribution in [0.3, 0.4) is 0 Å². The van der Waals surface area contributed by atoms with E-state index in [4.69, 9.17) is 0 Å². The predicted molar refractivity (Wildman–Crippen MR) is 278 cm³/mol. The Morgan fingerprint density at radius 2 is 0.508 bits per heavy atom. The number of unbranched alkanes of at least 4 members (excludes halogenated alkanes) is 47. The maximum atomic E-state index is 12.6. The van der Waals surface area contributed by atoms with E-state index in [1.54, 1.807) is 0 Å². The van der Waals surface area contributed by atoms with Crippen molar-refractivity contribution >= 4 is 5.91 Å². The summed E-state index contributed by atoms with van der Waals surface area (Å²) in [6.45, 7) is 4.28. The molecule has 5 nitrogen and oxygen atoms in total. The van der Waals surface area contributed by atoms with E-state index in [0.717, 1.165) is 32.1 Å². The first-order chi connectivity index (χ1) is 31.1. The zero-order valence-corrected chi connectivity index (χ0v) is 43.3. The number of nitrogens with one attached hydrogen (secondary N) is 1. The molecule has 5 heteroatoms. The van der Waals surface area contributed by atoms with Crippen LogP contribution in [0.15, 0.2) is 0 Å². The van der Waals surface area contributed by atoms with Gasteiger partial charge in [-0.15, -0.1) is 0 Å². The molecule has 0 aliphatic rings. The Morgan fingerprint density at radius 1 is 0.317 bits per heavy atom. The fraction of sp³-hybridized carbons (Fsp3) is 0.983. The van der Waals surface area contributed by atoms with E-state index in [1.165, 1.54) is 283 Å². The highest BCUT2D eigenvalue weighted by atomic mass is 16.3. The molecule has 0 aromatic heterocycles. The van der Waals surface area contributed by atoms with E-state index in [2.05, 4.69) is 19.2 Å². The fourth-order valence-electron chi connectivity index (χ4n) is 9.67. The van der Waals surface area contributed by atoms with Gasteiger partial charge in [0.2, 0.25) is 5.91 Å². The van der Waals surface area contributed by atoms with Gasteiger partial charge in [-0.2, -0.15) is 0 Å². The van der Waals surface area contributed by atoms with Gasteiger partial charge in [0.05, 0.1) is 18.8 Å². The summed E-state index contributed by atoms with van der Waals surface area (Å²) in [5.41, 5.74) is 0. The molecule has 3 unspecified atom stereocenters. The summed E-state index contributed by atoms with van der Waals surface area (Å²) in [5, 5.41) is 33.6. The third-order valence-corrected chi connectivity index (χ3v) is 14.2. The summed E-state index contributed by atoms with van der Waals surface area (Å²) >= 11 is 0. The number of aliphatic hydroxyl groups excluding tert-OH is 3. The minimum absolute atomic E-state index is 0.307. The van der Waals surface area contributed by atoms with Crippen molar-refractivity contribution in [2.24, 2.45) is 0 Å². The lowest BCUT2D eigenvalue weighted by Crippen LogP contribution is -2.49. The maximum absolute atomic E-state index is 12.6. The second kappa shape index (κ2) is 54.0. The fourth-order valence-corrected chi connectivity index (χ4v) is 9.67. The molecule has 0 fully saturated rings. The molecule has 0 saturated heterocycles. The zero-order chi connectivity index (χ0) is 45.8. The second-order valence-corrected chi connectivity index (χ2v) is 20.6. The van der Waals surface area contributed by atoms with Crippen molar-refractivity contribution in [3.05, 3.63) is 0 Å². The zero-order valence-electron chi connectivity index (χ0n) is 43.3. The molecule has 378 valence electrons. The average Bonchev–Trinajstić information content (AvgIpc) is 3.29. The Hall–Kier alpha value is -0.650. The van der Waals surface area contributed by atoms with Crippen molar-refractivity contribution in [2.75, 3.05) is 6.61 Å². The molecule has 0 aromatic rings. The van der Waals surface area contributed by atoms with Crippen LogP contribution in [0.4, 0.5) is 0 Å². The lowest BCUT2D eigenvalue weighted by molar-refractivity contribution is -0.131. The number of amides is 1. The van der Waals surface area contributed by atoms with Gasteiger partial charge < -0.3 is 20.6 Å². The topological polar surface area (TPSA) is 89.8 Å². The van der Waals surface area contributed by atoms with Crippen LogP contribution >= 0.6 is 0 Å². The van der Waals surface area contributed by atoms with E-state index in [1.807, 2.05) is 0 Å². The van der Waals surface area contributed by atoms with Crippen LogP contribution in [-0.4, -0.2) is 46.1 Å². The van der Waals surface area contributed by atoms with Gasteiger partial charge in [0, 0.05) is 0 Å². The summed E-state index contributed by atoms with van der Waals surface area (Å²) < 4.78 is 0. The van der Waals surface area contributed by atoms with Crippen molar-refractivity contribution in [3.63, 3.8) is 0 Å². The molecule has 0 aromatic carbocycles. The molecule has 0 bridgehead atoms. The number of carbonyl (C=O) groups excluding carboxylic acids is 1. The molecule has 3 atom stereocenters. The first kappa shape index (κ1) is 62.4. The Labute approximate surface area is 396 Å².